The van der Waals surface area contributed by atoms with Crippen LogP contribution in [0, 0.1) is 0 Å². The normalized spacial score (nSPS) is 39.3. The van der Waals surface area contributed by atoms with Gasteiger partial charge in [-0.2, -0.15) is 4.98 Å². The first-order valence-electron chi connectivity index (χ1n) is 12.1. The van der Waals surface area contributed by atoms with E-state index in [9.17, 15) is 33.9 Å². The molecule has 3 aromatic heterocycles. The Bertz CT molecular complexity index is 1660. The summed E-state index contributed by atoms with van der Waals surface area (Å²) in [5, 5.41) is 21.8. The van der Waals surface area contributed by atoms with Crippen molar-refractivity contribution < 1.29 is 56.7 Å². The Morgan fingerprint density at radius 1 is 0.881 bits per heavy atom. The van der Waals surface area contributed by atoms with Gasteiger partial charge in [0.25, 0.3) is 0 Å². The second kappa shape index (κ2) is 10.7. The van der Waals surface area contributed by atoms with Gasteiger partial charge in [0.05, 0.1) is 19.5 Å². The fraction of sp³-hybridized carbons (Fsp3) is 0.526. The number of hydrogen-bond acceptors (Lipinski definition) is 17. The molecular formula is C19H24N8O13P2. The number of aliphatic hydroxyl groups excluding tert-OH is 2. The summed E-state index contributed by atoms with van der Waals surface area (Å²) in [6, 6.07) is 1.22. The molecule has 0 amide bonds. The minimum atomic E-state index is -5.07. The molecule has 42 heavy (non-hydrogen) atoms. The van der Waals surface area contributed by atoms with Crippen molar-refractivity contribution in [1.82, 2.24) is 29.1 Å². The van der Waals surface area contributed by atoms with E-state index in [4.69, 9.17) is 39.0 Å². The van der Waals surface area contributed by atoms with Crippen molar-refractivity contribution in [1.29, 1.82) is 0 Å². The SMILES string of the molecule is Nc1ccn([C@@H]2O[C@@H]3COP(=O)(O)O[C@@H]4[C@H](O)[C@@H](COP(=O)(O)O[C@@H]2[C@@H]3O)O[C@H]4n2cnc3c(N)ncnc32)c(=O)n1. The minimum absolute atomic E-state index is 0.0199. The molecule has 3 saturated heterocycles. The zero-order valence-electron chi connectivity index (χ0n) is 21.0. The van der Waals surface area contributed by atoms with Gasteiger partial charge >= 0.3 is 21.3 Å². The van der Waals surface area contributed by atoms with Crippen molar-refractivity contribution in [2.45, 2.75) is 49.1 Å². The van der Waals surface area contributed by atoms with Crippen LogP contribution in [-0.2, 0) is 36.7 Å². The molecule has 3 aliphatic rings. The quantitative estimate of drug-likeness (QED) is 0.163. The number of nitrogen functional groups attached to an aromatic ring is 2. The number of hydrogen-bond donors (Lipinski definition) is 6. The first kappa shape index (κ1) is 29.2. The number of nitrogens with two attached hydrogens (primary N) is 2. The molecule has 3 aliphatic heterocycles. The lowest BCUT2D eigenvalue weighted by Crippen LogP contribution is -2.39. The number of fused-ring (bicyclic) bond motifs is 5. The average Bonchev–Trinajstić information content (AvgIpc) is 3.57. The van der Waals surface area contributed by atoms with Gasteiger partial charge in [0.15, 0.2) is 23.9 Å². The Hall–Kier alpha value is -2.91. The van der Waals surface area contributed by atoms with E-state index in [-0.39, 0.29) is 22.8 Å². The minimum Gasteiger partial charge on any atom is -0.387 e. The second-order valence-electron chi connectivity index (χ2n) is 9.41. The van der Waals surface area contributed by atoms with Gasteiger partial charge in [-0.25, -0.2) is 28.9 Å². The number of aliphatic hydroxyl groups is 2. The average molecular weight is 634 g/mol. The number of phosphoric ester groups is 2. The highest BCUT2D eigenvalue weighted by Crippen LogP contribution is 2.53. The molecule has 0 radical (unpaired) electrons. The molecule has 0 aliphatic carbocycles. The third-order valence-electron chi connectivity index (χ3n) is 6.73. The summed E-state index contributed by atoms with van der Waals surface area (Å²) in [4.78, 5) is 49.1. The fourth-order valence-corrected chi connectivity index (χ4v) is 6.63. The Morgan fingerprint density at radius 2 is 1.45 bits per heavy atom. The molecule has 3 aromatic rings. The maximum Gasteiger partial charge on any atom is 0.472 e. The Labute approximate surface area is 233 Å². The number of anilines is 2. The van der Waals surface area contributed by atoms with Crippen LogP contribution in [0.1, 0.15) is 12.5 Å². The first-order valence-corrected chi connectivity index (χ1v) is 15.1. The third-order valence-corrected chi connectivity index (χ3v) is 8.70. The van der Waals surface area contributed by atoms with Crippen LogP contribution < -0.4 is 17.2 Å². The van der Waals surface area contributed by atoms with E-state index in [0.29, 0.717) is 0 Å². The van der Waals surface area contributed by atoms with Crippen LogP contribution in [0.15, 0.2) is 29.7 Å². The Kier molecular flexibility index (Phi) is 7.41. The smallest absolute Gasteiger partial charge is 0.387 e. The van der Waals surface area contributed by atoms with Gasteiger partial charge in [-0.3, -0.25) is 27.2 Å². The summed E-state index contributed by atoms with van der Waals surface area (Å²) >= 11 is 0. The molecule has 21 nitrogen and oxygen atoms in total. The molecule has 6 heterocycles. The van der Waals surface area contributed by atoms with E-state index in [1.807, 2.05) is 0 Å². The molecule has 6 rings (SSSR count). The summed E-state index contributed by atoms with van der Waals surface area (Å²) < 4.78 is 60.1. The van der Waals surface area contributed by atoms with Crippen LogP contribution in [0.4, 0.5) is 11.6 Å². The van der Waals surface area contributed by atoms with Crippen molar-refractivity contribution in [3.05, 3.63) is 35.4 Å². The Balaban J connectivity index is 1.33. The van der Waals surface area contributed by atoms with Gasteiger partial charge in [-0.05, 0) is 6.07 Å². The molecule has 23 heteroatoms. The highest BCUT2D eigenvalue weighted by Gasteiger charge is 2.53. The highest BCUT2D eigenvalue weighted by molar-refractivity contribution is 7.47. The van der Waals surface area contributed by atoms with Gasteiger partial charge in [0.2, 0.25) is 0 Å². The van der Waals surface area contributed by atoms with Crippen molar-refractivity contribution >= 4 is 38.4 Å². The number of imidazole rings is 1. The number of nitrogens with zero attached hydrogens (tertiary/aromatic N) is 6. The lowest BCUT2D eigenvalue weighted by atomic mass is 10.1. The van der Waals surface area contributed by atoms with Crippen LogP contribution in [0.2, 0.25) is 0 Å². The van der Waals surface area contributed by atoms with Crippen LogP contribution >= 0.6 is 15.6 Å². The van der Waals surface area contributed by atoms with Crippen molar-refractivity contribution in [2.75, 3.05) is 24.7 Å². The topological polar surface area (TPSA) is 301 Å². The van der Waals surface area contributed by atoms with Crippen LogP contribution in [0.25, 0.3) is 11.2 Å². The molecular weight excluding hydrogens is 610 g/mol. The summed E-state index contributed by atoms with van der Waals surface area (Å²) in [6.07, 6.45) is -9.36. The van der Waals surface area contributed by atoms with Gasteiger partial charge in [-0.15, -0.1) is 0 Å². The van der Waals surface area contributed by atoms with E-state index in [1.54, 1.807) is 0 Å². The second-order valence-corrected chi connectivity index (χ2v) is 12.2. The highest BCUT2D eigenvalue weighted by atomic mass is 31.2. The summed E-state index contributed by atoms with van der Waals surface area (Å²) in [7, 11) is -10.1. The summed E-state index contributed by atoms with van der Waals surface area (Å²) in [5.41, 5.74) is 10.7. The number of aromatic nitrogens is 6. The van der Waals surface area contributed by atoms with Crippen LogP contribution in [-0.4, -0.2) is 98.9 Å². The molecule has 8 N–H and O–H groups in total. The van der Waals surface area contributed by atoms with Gasteiger partial charge in [0.1, 0.15) is 54.3 Å². The standard InChI is InChI=1S/C19H24N8O13P2/c20-9-1-2-26(19(30)25-9)17-13-11(28)7(37-17)3-35-42(33,34)40-14-12(29)8(4-36-41(31,32)39-13)38-18(14)27-6-24-10-15(21)22-5-23-16(10)27/h1-2,5-8,11-14,17-18,28-29H,3-4H2,(H,31,32)(H,33,34)(H2,20,25,30)(H2,21,22,23)/t7-,8-,11-,12-,13-,14-,17-,18-/m1/s1. The van der Waals surface area contributed by atoms with Gasteiger partial charge in [0, 0.05) is 6.20 Å². The molecule has 2 unspecified atom stereocenters. The Morgan fingerprint density at radius 3 is 2.02 bits per heavy atom. The molecule has 4 bridgehead atoms. The summed E-state index contributed by atoms with van der Waals surface area (Å²) in [6.45, 7) is -1.65. The fourth-order valence-electron chi connectivity index (χ4n) is 4.77. The number of rotatable bonds is 2. The number of phosphoric acid groups is 2. The first-order chi connectivity index (χ1) is 19.8. The molecule has 3 fully saturated rings. The maximum atomic E-state index is 13.0. The molecule has 0 aromatic carbocycles. The largest absolute Gasteiger partial charge is 0.472 e. The van der Waals surface area contributed by atoms with Crippen LogP contribution in [0.5, 0.6) is 0 Å². The molecule has 0 saturated carbocycles. The number of ether oxygens (including phenoxy) is 2. The predicted molar refractivity (Wildman–Crippen MR) is 134 cm³/mol. The predicted octanol–water partition coefficient (Wildman–Crippen LogP) is -2.22. The zero-order chi connectivity index (χ0) is 30.0. The lowest BCUT2D eigenvalue weighted by Gasteiger charge is -2.26. The van der Waals surface area contributed by atoms with E-state index in [0.717, 1.165) is 17.1 Å². The zero-order valence-corrected chi connectivity index (χ0v) is 22.8. The molecule has 0 spiro atoms. The third kappa shape index (κ3) is 5.34. The van der Waals surface area contributed by atoms with Crippen molar-refractivity contribution in [2.24, 2.45) is 0 Å². The molecule has 228 valence electrons. The molecule has 10 atom stereocenters. The van der Waals surface area contributed by atoms with Crippen LogP contribution in [0.3, 0.4) is 0 Å². The van der Waals surface area contributed by atoms with E-state index >= 15 is 0 Å². The van der Waals surface area contributed by atoms with Crippen molar-refractivity contribution in [3.8, 4) is 0 Å². The van der Waals surface area contributed by atoms with E-state index in [1.165, 1.54) is 17.0 Å². The van der Waals surface area contributed by atoms with E-state index < -0.39 is 83.6 Å². The summed E-state index contributed by atoms with van der Waals surface area (Å²) in [5.74, 6) is -0.113. The maximum absolute atomic E-state index is 13.0. The monoisotopic (exact) mass is 634 g/mol. The van der Waals surface area contributed by atoms with E-state index in [2.05, 4.69) is 19.9 Å². The van der Waals surface area contributed by atoms with Crippen molar-refractivity contribution in [3.63, 3.8) is 0 Å². The van der Waals surface area contributed by atoms with Gasteiger partial charge in [-0.1, -0.05) is 0 Å². The lowest BCUT2D eigenvalue weighted by molar-refractivity contribution is -0.0694. The van der Waals surface area contributed by atoms with Gasteiger partial charge < -0.3 is 40.9 Å².